The van der Waals surface area contributed by atoms with Crippen molar-refractivity contribution >= 4 is 29.3 Å². The Bertz CT molecular complexity index is 2030. The third-order valence-corrected chi connectivity index (χ3v) is 10.4. The van der Waals surface area contributed by atoms with Gasteiger partial charge in [0, 0.05) is 24.4 Å². The van der Waals surface area contributed by atoms with Crippen LogP contribution in [0.25, 0.3) is 22.3 Å². The second-order valence-electron chi connectivity index (χ2n) is 14.5. The third-order valence-electron chi connectivity index (χ3n) is 10.4. The van der Waals surface area contributed by atoms with Crippen LogP contribution in [0.15, 0.2) is 127 Å². The van der Waals surface area contributed by atoms with Gasteiger partial charge in [0.1, 0.15) is 18.8 Å². The van der Waals surface area contributed by atoms with Crippen LogP contribution in [0.1, 0.15) is 56.2 Å². The summed E-state index contributed by atoms with van der Waals surface area (Å²) in [7, 11) is 0. The second kappa shape index (κ2) is 14.0. The smallest absolute Gasteiger partial charge is 0.407 e. The van der Waals surface area contributed by atoms with E-state index in [9.17, 15) is 14.4 Å². The number of carbonyl (C=O) groups is 3. The predicted molar refractivity (Wildman–Crippen MR) is 203 cm³/mol. The topological polar surface area (TPSA) is 84.5 Å². The van der Waals surface area contributed by atoms with E-state index >= 15 is 0 Å². The van der Waals surface area contributed by atoms with Gasteiger partial charge in [0.25, 0.3) is 5.91 Å². The van der Waals surface area contributed by atoms with Crippen LogP contribution in [0, 0.1) is 0 Å². The minimum atomic E-state index is -0.670. The Hall–Kier alpha value is -5.53. The molecule has 2 aliphatic rings. The van der Waals surface area contributed by atoms with E-state index in [-0.39, 0.29) is 40.8 Å². The molecule has 7 heteroatoms. The fourth-order valence-electron chi connectivity index (χ4n) is 7.96. The van der Waals surface area contributed by atoms with Crippen LogP contribution < -0.4 is 15.1 Å². The van der Waals surface area contributed by atoms with Crippen molar-refractivity contribution in [3.8, 4) is 22.3 Å². The average molecular weight is 679 g/mol. The van der Waals surface area contributed by atoms with E-state index in [1.54, 1.807) is 0 Å². The molecule has 5 aromatic rings. The molecule has 1 unspecified atom stereocenters. The summed E-state index contributed by atoms with van der Waals surface area (Å²) in [5.41, 5.74) is 9.11. The highest BCUT2D eigenvalue weighted by Gasteiger charge is 2.53. The van der Waals surface area contributed by atoms with Crippen molar-refractivity contribution in [1.29, 1.82) is 0 Å². The number of hydrogen-bond acceptors (Lipinski definition) is 4. The van der Waals surface area contributed by atoms with Crippen LogP contribution in [-0.2, 0) is 19.7 Å². The summed E-state index contributed by atoms with van der Waals surface area (Å²) >= 11 is 0. The molecule has 1 fully saturated rings. The molecule has 1 aliphatic carbocycles. The summed E-state index contributed by atoms with van der Waals surface area (Å²) in [6.45, 7) is 6.82. The fourth-order valence-corrected chi connectivity index (χ4v) is 7.96. The van der Waals surface area contributed by atoms with Gasteiger partial charge in [-0.05, 0) is 68.6 Å². The van der Waals surface area contributed by atoms with Crippen molar-refractivity contribution in [2.45, 2.75) is 51.0 Å². The number of ether oxygens (including phenoxy) is 1. The van der Waals surface area contributed by atoms with E-state index < -0.39 is 12.1 Å². The normalized spacial score (nSPS) is 18.1. The molecule has 2 N–H and O–H groups in total. The Morgan fingerprint density at radius 2 is 1.35 bits per heavy atom. The van der Waals surface area contributed by atoms with Crippen molar-refractivity contribution in [3.05, 3.63) is 144 Å². The molecule has 258 valence electrons. The van der Waals surface area contributed by atoms with Crippen molar-refractivity contribution in [1.82, 2.24) is 9.80 Å². The van der Waals surface area contributed by atoms with Crippen molar-refractivity contribution < 1.29 is 19.1 Å². The second-order valence-corrected chi connectivity index (χ2v) is 14.5. The minimum Gasteiger partial charge on any atom is -0.449 e. The number of likely N-dealkylation sites (tertiary alicyclic amines) is 1. The Morgan fingerprint density at radius 1 is 0.745 bits per heavy atom. The molecule has 51 heavy (non-hydrogen) atoms. The largest absolute Gasteiger partial charge is 0.449 e. The highest BCUT2D eigenvalue weighted by atomic mass is 16.5. The fraction of sp³-hybridized carbons (Fsp3) is 0.250. The molecule has 0 aromatic heterocycles. The summed E-state index contributed by atoms with van der Waals surface area (Å²) in [4.78, 5) is 41.7. The van der Waals surface area contributed by atoms with Crippen LogP contribution in [-0.4, -0.2) is 43.6 Å². The molecule has 0 spiro atoms. The number of anilines is 1. The first-order valence-electron chi connectivity index (χ1n) is 17.7. The Kier molecular flexibility index (Phi) is 9.32. The average Bonchev–Trinajstić information content (AvgIpc) is 3.74. The number of nitrogens with one attached hydrogen (secondary N) is 2. The molecule has 1 aliphatic heterocycles. The summed E-state index contributed by atoms with van der Waals surface area (Å²) in [5, 5.41) is 5.89. The molecule has 0 bridgehead atoms. The Labute approximate surface area is 299 Å². The number of fused-ring (bicyclic) bond motifs is 3. The summed E-state index contributed by atoms with van der Waals surface area (Å²) in [6, 6.07) is 41.4. The predicted octanol–water partition coefficient (Wildman–Crippen LogP) is 8.82. The first-order chi connectivity index (χ1) is 24.7. The highest BCUT2D eigenvalue weighted by Crippen LogP contribution is 2.44. The maximum absolute atomic E-state index is 14.3. The number of para-hydroxylation sites is 1. The molecule has 3 amide bonds. The van der Waals surface area contributed by atoms with Crippen LogP contribution in [0.4, 0.5) is 16.2 Å². The molecule has 0 radical (unpaired) electrons. The lowest BCUT2D eigenvalue weighted by atomic mass is 9.81. The summed E-state index contributed by atoms with van der Waals surface area (Å²) in [6.07, 6.45) is 0.556. The number of amides is 3. The first-order valence-corrected chi connectivity index (χ1v) is 17.7. The number of nitrogens with zero attached hydrogens (tertiary/aromatic N) is 1. The molecule has 1 saturated heterocycles. The molecule has 1 heterocycles. The van der Waals surface area contributed by atoms with E-state index in [2.05, 4.69) is 73.9 Å². The maximum Gasteiger partial charge on any atom is 0.407 e. The lowest BCUT2D eigenvalue weighted by Gasteiger charge is -2.36. The van der Waals surface area contributed by atoms with Gasteiger partial charge in [0.05, 0.1) is 6.54 Å². The van der Waals surface area contributed by atoms with Gasteiger partial charge in [-0.1, -0.05) is 124 Å². The number of quaternary nitrogens is 1. The van der Waals surface area contributed by atoms with E-state index in [1.165, 1.54) is 0 Å². The zero-order valence-electron chi connectivity index (χ0n) is 29.4. The molecule has 7 rings (SSSR count). The van der Waals surface area contributed by atoms with Gasteiger partial charge >= 0.3 is 12.0 Å². The van der Waals surface area contributed by atoms with Crippen LogP contribution in [0.3, 0.4) is 0 Å². The van der Waals surface area contributed by atoms with Crippen LogP contribution in [0.2, 0.25) is 0 Å². The number of benzene rings is 5. The highest BCUT2D eigenvalue weighted by molar-refractivity contribution is 6.03. The van der Waals surface area contributed by atoms with Gasteiger partial charge < -0.3 is 15.4 Å². The summed E-state index contributed by atoms with van der Waals surface area (Å²) < 4.78 is 5.56. The lowest BCUT2D eigenvalue weighted by molar-refractivity contribution is -0.135. The van der Waals surface area contributed by atoms with Crippen LogP contribution in [0.5, 0.6) is 0 Å². The SMILES string of the molecule is CC(C)(C)c1cc(NC(=O)[C@@H]2CCC[N+]2(C(=O)CNC(=O)OCC2c3ccccc3-c3ccccc32)c2ccccc2)ccc1-c1ccccc1. The molecular weight excluding hydrogens is 635 g/mol. The number of alkyl carbamates (subject to hydrolysis) is 1. The van der Waals surface area contributed by atoms with Gasteiger partial charge in [0.2, 0.25) is 0 Å². The monoisotopic (exact) mass is 678 g/mol. The van der Waals surface area contributed by atoms with Crippen molar-refractivity contribution in [3.63, 3.8) is 0 Å². The van der Waals surface area contributed by atoms with E-state index in [1.807, 2.05) is 84.9 Å². The maximum atomic E-state index is 14.3. The standard InChI is InChI=1S/C44H43N3O4/c1-44(2,3)39-27-31(24-25-33(39)30-15-6-4-7-16-30)46-42(49)40-23-14-26-47(40,32-17-8-5-9-18-32)41(48)28-45-43(50)51-29-38-36-21-12-10-19-34(36)35-20-11-13-22-37(35)38/h4-13,15-22,24-25,27,38,40H,14,23,26,28-29H2,1-3H3,(H-,45,46,49,50)/p+1/t40-,47?/m0/s1. The zero-order chi connectivity index (χ0) is 35.6. The van der Waals surface area contributed by atoms with Gasteiger partial charge in [-0.3, -0.25) is 4.79 Å². The van der Waals surface area contributed by atoms with Gasteiger partial charge in [-0.2, -0.15) is 0 Å². The molecule has 2 atom stereocenters. The van der Waals surface area contributed by atoms with Crippen LogP contribution >= 0.6 is 0 Å². The van der Waals surface area contributed by atoms with Crippen molar-refractivity contribution in [2.75, 3.05) is 25.0 Å². The Balaban J connectivity index is 1.08. The summed E-state index contributed by atoms with van der Waals surface area (Å²) in [5.74, 6) is -0.575. The number of rotatable bonds is 8. The van der Waals surface area contributed by atoms with Gasteiger partial charge in [-0.15, -0.1) is 0 Å². The molecule has 7 nitrogen and oxygen atoms in total. The van der Waals surface area contributed by atoms with E-state index in [0.29, 0.717) is 25.1 Å². The minimum absolute atomic E-state index is 0.0891. The van der Waals surface area contributed by atoms with E-state index in [4.69, 9.17) is 4.74 Å². The van der Waals surface area contributed by atoms with Gasteiger partial charge in [-0.25, -0.2) is 14.1 Å². The number of hydrogen-bond donors (Lipinski definition) is 2. The van der Waals surface area contributed by atoms with Gasteiger partial charge in [0.15, 0.2) is 6.04 Å². The lowest BCUT2D eigenvalue weighted by Crippen LogP contribution is -2.63. The van der Waals surface area contributed by atoms with Crippen molar-refractivity contribution in [2.24, 2.45) is 0 Å². The molecule has 0 saturated carbocycles. The van der Waals surface area contributed by atoms with E-state index in [0.717, 1.165) is 44.6 Å². The molecular formula is C44H44N3O4+. The first kappa shape index (κ1) is 33.9. The quantitative estimate of drug-likeness (QED) is 0.161. The third kappa shape index (κ3) is 6.57. The number of carbonyl (C=O) groups excluding carboxylic acids is 3. The molecule has 5 aromatic carbocycles. The zero-order valence-corrected chi connectivity index (χ0v) is 29.4. The Morgan fingerprint density at radius 3 is 2.00 bits per heavy atom.